The molecule has 0 radical (unpaired) electrons. The van der Waals surface area contributed by atoms with Gasteiger partial charge in [0.2, 0.25) is 0 Å². The molecular formula is C22H20. The van der Waals surface area contributed by atoms with E-state index in [4.69, 9.17) is 0 Å². The highest BCUT2D eigenvalue weighted by Crippen LogP contribution is 2.47. The molecule has 22 heavy (non-hydrogen) atoms. The van der Waals surface area contributed by atoms with E-state index in [-0.39, 0.29) is 0 Å². The van der Waals surface area contributed by atoms with Gasteiger partial charge in [-0.05, 0) is 70.4 Å². The monoisotopic (exact) mass is 284 g/mol. The van der Waals surface area contributed by atoms with E-state index in [0.717, 1.165) is 12.8 Å². The van der Waals surface area contributed by atoms with Gasteiger partial charge in [0.1, 0.15) is 0 Å². The van der Waals surface area contributed by atoms with Gasteiger partial charge in [0, 0.05) is 0 Å². The van der Waals surface area contributed by atoms with Gasteiger partial charge in [-0.3, -0.25) is 0 Å². The molecule has 0 N–H and O–H groups in total. The molecule has 0 saturated carbocycles. The van der Waals surface area contributed by atoms with Gasteiger partial charge >= 0.3 is 0 Å². The minimum Gasteiger partial charge on any atom is -0.0991 e. The maximum Gasteiger partial charge on any atom is -0.00267 e. The number of benzene rings is 2. The molecule has 2 aliphatic rings. The Morgan fingerprint density at radius 3 is 3.00 bits per heavy atom. The number of hydrogen-bond donors (Lipinski definition) is 0. The lowest BCUT2D eigenvalue weighted by atomic mass is 9.91. The van der Waals surface area contributed by atoms with Crippen molar-refractivity contribution >= 4 is 21.9 Å². The summed E-state index contributed by atoms with van der Waals surface area (Å²) in [6, 6.07) is 9.18. The van der Waals surface area contributed by atoms with Crippen LogP contribution in [0.5, 0.6) is 0 Å². The van der Waals surface area contributed by atoms with Crippen molar-refractivity contribution < 1.29 is 0 Å². The Morgan fingerprint density at radius 1 is 1.23 bits per heavy atom. The lowest BCUT2D eigenvalue weighted by molar-refractivity contribution is 1.06. The first-order chi connectivity index (χ1) is 10.8. The van der Waals surface area contributed by atoms with Crippen molar-refractivity contribution in [3.63, 3.8) is 0 Å². The van der Waals surface area contributed by atoms with Crippen LogP contribution in [0.1, 0.15) is 35.1 Å². The van der Waals surface area contributed by atoms with Crippen LogP contribution in [0.3, 0.4) is 0 Å². The molecule has 0 unspecified atom stereocenters. The Labute approximate surface area is 132 Å². The molecule has 2 aliphatic carbocycles. The summed E-state index contributed by atoms with van der Waals surface area (Å²) in [5.41, 5.74) is 8.74. The minimum absolute atomic E-state index is 0.971. The fourth-order valence-electron chi connectivity index (χ4n) is 3.89. The van der Waals surface area contributed by atoms with Crippen molar-refractivity contribution in [2.24, 2.45) is 0 Å². The third-order valence-corrected chi connectivity index (χ3v) is 4.88. The molecule has 0 aromatic heterocycles. The highest BCUT2D eigenvalue weighted by atomic mass is 14.3. The van der Waals surface area contributed by atoms with E-state index in [1.165, 1.54) is 45.0 Å². The predicted octanol–water partition coefficient (Wildman–Crippen LogP) is 6.01. The molecule has 0 bridgehead atoms. The summed E-state index contributed by atoms with van der Waals surface area (Å²) >= 11 is 0. The summed E-state index contributed by atoms with van der Waals surface area (Å²) in [7, 11) is 0. The SMILES string of the molecule is C=CC=CCc1c(C)cc2c3c(cccc13)C1=C2CCC=C1. The van der Waals surface area contributed by atoms with Gasteiger partial charge in [0.25, 0.3) is 0 Å². The van der Waals surface area contributed by atoms with E-state index in [0.29, 0.717) is 0 Å². The fraction of sp³-hybridized carbons (Fsp3) is 0.182. The van der Waals surface area contributed by atoms with Crippen LogP contribution < -0.4 is 0 Å². The van der Waals surface area contributed by atoms with Crippen LogP contribution in [0.15, 0.2) is 61.2 Å². The van der Waals surface area contributed by atoms with Crippen molar-refractivity contribution in [2.75, 3.05) is 0 Å². The lowest BCUT2D eigenvalue weighted by Gasteiger charge is -2.13. The fourth-order valence-corrected chi connectivity index (χ4v) is 3.89. The summed E-state index contributed by atoms with van der Waals surface area (Å²) < 4.78 is 0. The number of aryl methyl sites for hydroxylation is 1. The zero-order valence-corrected chi connectivity index (χ0v) is 13.0. The van der Waals surface area contributed by atoms with Gasteiger partial charge in [-0.25, -0.2) is 0 Å². The third kappa shape index (κ3) is 1.84. The first-order valence-corrected chi connectivity index (χ1v) is 8.04. The molecule has 0 spiro atoms. The molecule has 4 rings (SSSR count). The highest BCUT2D eigenvalue weighted by molar-refractivity contribution is 6.17. The van der Waals surface area contributed by atoms with Crippen LogP contribution in [0.2, 0.25) is 0 Å². The van der Waals surface area contributed by atoms with E-state index >= 15 is 0 Å². The van der Waals surface area contributed by atoms with Crippen molar-refractivity contribution in [3.05, 3.63) is 83.5 Å². The van der Waals surface area contributed by atoms with Crippen molar-refractivity contribution in [1.29, 1.82) is 0 Å². The highest BCUT2D eigenvalue weighted by Gasteiger charge is 2.25. The van der Waals surface area contributed by atoms with Crippen molar-refractivity contribution in [1.82, 2.24) is 0 Å². The predicted molar refractivity (Wildman–Crippen MR) is 96.9 cm³/mol. The quantitative estimate of drug-likeness (QED) is 0.606. The van der Waals surface area contributed by atoms with Crippen LogP contribution >= 0.6 is 0 Å². The van der Waals surface area contributed by atoms with Gasteiger partial charge in [-0.2, -0.15) is 0 Å². The first-order valence-electron chi connectivity index (χ1n) is 8.04. The summed E-state index contributed by atoms with van der Waals surface area (Å²) in [5, 5.41) is 2.88. The normalized spacial score (nSPS) is 15.9. The topological polar surface area (TPSA) is 0 Å². The molecule has 2 aromatic carbocycles. The van der Waals surface area contributed by atoms with Crippen LogP contribution in [-0.4, -0.2) is 0 Å². The first kappa shape index (κ1) is 13.3. The zero-order chi connectivity index (χ0) is 15.1. The number of fused-ring (bicyclic) bond motifs is 2. The Hall–Kier alpha value is -2.34. The van der Waals surface area contributed by atoms with E-state index in [9.17, 15) is 0 Å². The Bertz CT molecular complexity index is 873. The minimum atomic E-state index is 0.971. The van der Waals surface area contributed by atoms with E-state index in [1.54, 1.807) is 5.57 Å². The van der Waals surface area contributed by atoms with Gasteiger partial charge in [0.05, 0.1) is 0 Å². The van der Waals surface area contributed by atoms with Crippen LogP contribution in [0, 0.1) is 6.92 Å². The summed E-state index contributed by atoms with van der Waals surface area (Å²) in [6.07, 6.45) is 14.0. The van der Waals surface area contributed by atoms with Gasteiger partial charge in [0.15, 0.2) is 0 Å². The van der Waals surface area contributed by atoms with E-state index in [1.807, 2.05) is 12.2 Å². The lowest BCUT2D eigenvalue weighted by Crippen LogP contribution is -1.94. The second kappa shape index (κ2) is 5.14. The van der Waals surface area contributed by atoms with E-state index < -0.39 is 0 Å². The zero-order valence-electron chi connectivity index (χ0n) is 13.0. The Balaban J connectivity index is 1.99. The maximum atomic E-state index is 3.76. The Morgan fingerprint density at radius 2 is 2.14 bits per heavy atom. The maximum absolute atomic E-state index is 3.76. The molecule has 108 valence electrons. The van der Waals surface area contributed by atoms with Gasteiger partial charge in [-0.15, -0.1) is 0 Å². The molecule has 0 amide bonds. The average molecular weight is 284 g/mol. The molecule has 0 saturated heterocycles. The molecule has 0 heteroatoms. The number of allylic oxidation sites excluding steroid dienone is 7. The summed E-state index contributed by atoms with van der Waals surface area (Å²) in [5.74, 6) is 0. The molecule has 0 nitrogen and oxygen atoms in total. The summed E-state index contributed by atoms with van der Waals surface area (Å²) in [4.78, 5) is 0. The van der Waals surface area contributed by atoms with Crippen LogP contribution in [-0.2, 0) is 6.42 Å². The van der Waals surface area contributed by atoms with Crippen molar-refractivity contribution in [2.45, 2.75) is 26.2 Å². The largest absolute Gasteiger partial charge is 0.0991 e. The molecule has 0 aliphatic heterocycles. The van der Waals surface area contributed by atoms with E-state index in [2.05, 4.69) is 56.0 Å². The number of rotatable bonds is 3. The molecule has 0 fully saturated rings. The average Bonchev–Trinajstić information content (AvgIpc) is 2.86. The van der Waals surface area contributed by atoms with Crippen LogP contribution in [0.4, 0.5) is 0 Å². The third-order valence-electron chi connectivity index (χ3n) is 4.88. The molecular weight excluding hydrogens is 264 g/mol. The van der Waals surface area contributed by atoms with Gasteiger partial charge < -0.3 is 0 Å². The van der Waals surface area contributed by atoms with Gasteiger partial charge in [-0.1, -0.05) is 61.2 Å². The second-order valence-corrected chi connectivity index (χ2v) is 6.15. The molecule has 2 aromatic rings. The number of hydrogen-bond acceptors (Lipinski definition) is 0. The second-order valence-electron chi connectivity index (χ2n) is 6.15. The van der Waals surface area contributed by atoms with Crippen LogP contribution in [0.25, 0.3) is 21.9 Å². The smallest absolute Gasteiger partial charge is 0.00267 e. The summed E-state index contributed by atoms with van der Waals surface area (Å²) in [6.45, 7) is 6.01. The Kier molecular flexibility index (Phi) is 3.11. The molecule has 0 heterocycles. The van der Waals surface area contributed by atoms with Crippen molar-refractivity contribution in [3.8, 4) is 0 Å². The molecule has 0 atom stereocenters. The standard InChI is InChI=1S/C22H20/c1-3-4-5-9-16-15(2)14-21-18-11-7-6-10-17(18)20-13-8-12-19(16)22(20)21/h3-6,8,10,12-14H,1,7,9,11H2,2H3.